The monoisotopic (exact) mass is 491 g/mol. The lowest BCUT2D eigenvalue weighted by Crippen LogP contribution is -2.55. The SMILES string of the molecule is COc1ccc2cc1OCc1cn(nn1)CCOc1cc(ccc1C)C(=O)N1CCN(C2=O)C(C)C1. The maximum atomic E-state index is 13.4. The smallest absolute Gasteiger partial charge is 0.254 e. The fourth-order valence-corrected chi connectivity index (χ4v) is 4.52. The van der Waals surface area contributed by atoms with Crippen LogP contribution in [0.1, 0.15) is 38.9 Å². The third kappa shape index (κ3) is 4.71. The van der Waals surface area contributed by atoms with E-state index in [1.54, 1.807) is 52.1 Å². The van der Waals surface area contributed by atoms with Crippen LogP contribution in [0.2, 0.25) is 0 Å². The second kappa shape index (κ2) is 9.88. The number of methoxy groups -OCH3 is 1. The molecule has 0 N–H and O–H groups in total. The zero-order valence-corrected chi connectivity index (χ0v) is 20.6. The van der Waals surface area contributed by atoms with Crippen LogP contribution in [0.4, 0.5) is 0 Å². The summed E-state index contributed by atoms with van der Waals surface area (Å²) in [5, 5.41) is 8.31. The number of hydrogen-bond donors (Lipinski definition) is 0. The highest BCUT2D eigenvalue weighted by Gasteiger charge is 2.31. The lowest BCUT2D eigenvalue weighted by molar-refractivity contribution is 0.0414. The van der Waals surface area contributed by atoms with Crippen LogP contribution in [0, 0.1) is 6.92 Å². The van der Waals surface area contributed by atoms with E-state index in [1.165, 1.54) is 0 Å². The van der Waals surface area contributed by atoms with Crippen LogP contribution in [0.15, 0.2) is 42.6 Å². The van der Waals surface area contributed by atoms with E-state index >= 15 is 0 Å². The molecule has 3 aromatic rings. The highest BCUT2D eigenvalue weighted by Crippen LogP contribution is 2.30. The van der Waals surface area contributed by atoms with E-state index in [-0.39, 0.29) is 24.5 Å². The van der Waals surface area contributed by atoms with Crippen molar-refractivity contribution in [3.63, 3.8) is 0 Å². The Balaban J connectivity index is 1.48. The summed E-state index contributed by atoms with van der Waals surface area (Å²) in [6.07, 6.45) is 1.79. The van der Waals surface area contributed by atoms with Crippen molar-refractivity contribution < 1.29 is 23.8 Å². The molecule has 1 saturated heterocycles. The van der Waals surface area contributed by atoms with Crippen LogP contribution < -0.4 is 14.2 Å². The summed E-state index contributed by atoms with van der Waals surface area (Å²) in [4.78, 5) is 30.3. The molecule has 1 unspecified atom stereocenters. The number of amides is 2. The van der Waals surface area contributed by atoms with Gasteiger partial charge < -0.3 is 24.0 Å². The van der Waals surface area contributed by atoms with E-state index in [1.807, 2.05) is 26.0 Å². The zero-order chi connectivity index (χ0) is 25.2. The van der Waals surface area contributed by atoms with E-state index in [0.717, 1.165) is 5.56 Å². The molecule has 0 aliphatic carbocycles. The van der Waals surface area contributed by atoms with E-state index in [4.69, 9.17) is 14.2 Å². The summed E-state index contributed by atoms with van der Waals surface area (Å²) in [7, 11) is 1.56. The van der Waals surface area contributed by atoms with Gasteiger partial charge in [-0.15, -0.1) is 5.10 Å². The molecule has 1 fully saturated rings. The normalized spacial score (nSPS) is 18.5. The van der Waals surface area contributed by atoms with Crippen LogP contribution in [-0.4, -0.2) is 76.0 Å². The van der Waals surface area contributed by atoms with E-state index in [0.29, 0.717) is 66.9 Å². The lowest BCUT2D eigenvalue weighted by Gasteiger charge is -2.40. The van der Waals surface area contributed by atoms with Gasteiger partial charge in [0.1, 0.15) is 24.7 Å². The van der Waals surface area contributed by atoms with Gasteiger partial charge in [0, 0.05) is 36.8 Å². The molecule has 36 heavy (non-hydrogen) atoms. The number of piperazine rings is 1. The van der Waals surface area contributed by atoms with Crippen LogP contribution in [0.5, 0.6) is 17.2 Å². The number of rotatable bonds is 1. The average Bonchev–Trinajstić information content (AvgIpc) is 3.34. The molecule has 0 spiro atoms. The Kier molecular flexibility index (Phi) is 6.49. The summed E-state index contributed by atoms with van der Waals surface area (Å²) < 4.78 is 19.1. The number of carbonyl (C=O) groups excluding carboxylic acids is 2. The Bertz CT molecular complexity index is 1290. The first kappa shape index (κ1) is 23.7. The predicted molar refractivity (Wildman–Crippen MR) is 130 cm³/mol. The molecule has 2 aromatic carbocycles. The molecule has 3 aliphatic heterocycles. The third-order valence-corrected chi connectivity index (χ3v) is 6.56. The molecule has 1 atom stereocenters. The maximum Gasteiger partial charge on any atom is 0.254 e. The second-order valence-electron chi connectivity index (χ2n) is 9.05. The van der Waals surface area contributed by atoms with Gasteiger partial charge in [-0.1, -0.05) is 11.3 Å². The Morgan fingerprint density at radius 2 is 1.75 bits per heavy atom. The first-order valence-corrected chi connectivity index (χ1v) is 12.0. The van der Waals surface area contributed by atoms with Crippen LogP contribution in [-0.2, 0) is 13.2 Å². The molecule has 4 heterocycles. The van der Waals surface area contributed by atoms with Crippen LogP contribution >= 0.6 is 0 Å². The Hall–Kier alpha value is -4.08. The second-order valence-corrected chi connectivity index (χ2v) is 9.05. The summed E-state index contributed by atoms with van der Waals surface area (Å²) >= 11 is 0. The fraction of sp³-hybridized carbons (Fsp3) is 0.385. The first-order valence-electron chi connectivity index (χ1n) is 12.0. The number of ether oxygens (including phenoxy) is 3. The summed E-state index contributed by atoms with van der Waals surface area (Å²) in [6, 6.07) is 10.5. The highest BCUT2D eigenvalue weighted by molar-refractivity contribution is 5.97. The maximum absolute atomic E-state index is 13.4. The lowest BCUT2D eigenvalue weighted by atomic mass is 10.1. The van der Waals surface area contributed by atoms with Gasteiger partial charge in [-0.3, -0.25) is 9.59 Å². The minimum absolute atomic E-state index is 0.0748. The summed E-state index contributed by atoms with van der Waals surface area (Å²) in [5.41, 5.74) is 2.64. The van der Waals surface area contributed by atoms with Crippen LogP contribution in [0.25, 0.3) is 0 Å². The van der Waals surface area contributed by atoms with Gasteiger partial charge in [0.25, 0.3) is 11.8 Å². The van der Waals surface area contributed by atoms with Crippen LogP contribution in [0.3, 0.4) is 0 Å². The highest BCUT2D eigenvalue weighted by atomic mass is 16.5. The van der Waals surface area contributed by atoms with Crippen molar-refractivity contribution >= 4 is 11.8 Å². The molecule has 8 bridgehead atoms. The van der Waals surface area contributed by atoms with Gasteiger partial charge in [0.05, 0.1) is 19.9 Å². The molecule has 188 valence electrons. The number of carbonyl (C=O) groups is 2. The van der Waals surface area contributed by atoms with Crippen molar-refractivity contribution in [1.82, 2.24) is 24.8 Å². The van der Waals surface area contributed by atoms with Gasteiger partial charge in [0.2, 0.25) is 0 Å². The number of aromatic nitrogens is 3. The largest absolute Gasteiger partial charge is 0.493 e. The molecule has 3 aliphatic rings. The predicted octanol–water partition coefficient (Wildman–Crippen LogP) is 2.55. The van der Waals surface area contributed by atoms with E-state index < -0.39 is 0 Å². The van der Waals surface area contributed by atoms with Gasteiger partial charge in [-0.25, -0.2) is 4.68 Å². The number of fused-ring (bicyclic) bond motifs is 5. The van der Waals surface area contributed by atoms with Gasteiger partial charge >= 0.3 is 0 Å². The Morgan fingerprint density at radius 3 is 2.56 bits per heavy atom. The van der Waals surface area contributed by atoms with Gasteiger partial charge in [-0.2, -0.15) is 0 Å². The number of hydrogen-bond acceptors (Lipinski definition) is 7. The van der Waals surface area contributed by atoms with Crippen molar-refractivity contribution in [2.75, 3.05) is 33.4 Å². The van der Waals surface area contributed by atoms with Gasteiger partial charge in [0.15, 0.2) is 11.5 Å². The van der Waals surface area contributed by atoms with Crippen molar-refractivity contribution in [3.8, 4) is 17.2 Å². The zero-order valence-electron chi connectivity index (χ0n) is 20.6. The number of nitrogens with zero attached hydrogens (tertiary/aromatic N) is 5. The summed E-state index contributed by atoms with van der Waals surface area (Å²) in [6.45, 7) is 6.26. The molecule has 10 heteroatoms. The topological polar surface area (TPSA) is 99.0 Å². The van der Waals surface area contributed by atoms with Gasteiger partial charge in [-0.05, 0) is 49.7 Å². The first-order chi connectivity index (χ1) is 17.4. The number of aryl methyl sites for hydroxylation is 1. The molecule has 1 aromatic heterocycles. The van der Waals surface area contributed by atoms with Crippen molar-refractivity contribution in [1.29, 1.82) is 0 Å². The number of benzene rings is 2. The summed E-state index contributed by atoms with van der Waals surface area (Å²) in [5.74, 6) is 1.44. The molecule has 0 saturated carbocycles. The molecule has 2 amide bonds. The van der Waals surface area contributed by atoms with Crippen molar-refractivity contribution in [3.05, 3.63) is 65.0 Å². The minimum Gasteiger partial charge on any atom is -0.493 e. The van der Waals surface area contributed by atoms with E-state index in [9.17, 15) is 9.59 Å². The Labute approximate surface area is 209 Å². The molecular formula is C26H29N5O5. The fourth-order valence-electron chi connectivity index (χ4n) is 4.52. The van der Waals surface area contributed by atoms with Crippen molar-refractivity contribution in [2.24, 2.45) is 0 Å². The average molecular weight is 492 g/mol. The Morgan fingerprint density at radius 1 is 0.972 bits per heavy atom. The third-order valence-electron chi connectivity index (χ3n) is 6.56. The quantitative estimate of drug-likeness (QED) is 0.516. The molecular weight excluding hydrogens is 462 g/mol. The standard InChI is InChI=1S/C26H29N5O5/c1-17-4-5-19-12-23(17)35-11-10-30-15-21(27-28-30)16-36-24-13-20(6-7-22(24)34-3)26(33)31-9-8-29(25(19)32)14-18(31)2/h4-7,12-13,15,18H,8-11,14,16H2,1-3H3. The minimum atomic E-state index is -0.150. The van der Waals surface area contributed by atoms with Crippen molar-refractivity contribution in [2.45, 2.75) is 33.0 Å². The molecule has 6 rings (SSSR count). The molecule has 0 radical (unpaired) electrons. The molecule has 10 nitrogen and oxygen atoms in total. The van der Waals surface area contributed by atoms with E-state index in [2.05, 4.69) is 10.3 Å².